The molecule has 2 unspecified atom stereocenters. The summed E-state index contributed by atoms with van der Waals surface area (Å²) in [5.74, 6) is 1.93. The standard InChI is InChI=1S/C7H13NS2/c1-5(2)6-4-10-7(3-9)8-6/h3,5-8H,4H2,1-2H3. The van der Waals surface area contributed by atoms with Crippen LogP contribution in [-0.2, 0) is 0 Å². The molecule has 0 aliphatic carbocycles. The second kappa shape index (κ2) is 3.69. The summed E-state index contributed by atoms with van der Waals surface area (Å²) in [7, 11) is 0. The van der Waals surface area contributed by atoms with Gasteiger partial charge in [0.1, 0.15) is 0 Å². The van der Waals surface area contributed by atoms with E-state index in [1.807, 2.05) is 17.1 Å². The van der Waals surface area contributed by atoms with E-state index in [9.17, 15) is 0 Å². The second-order valence-corrected chi connectivity index (χ2v) is 4.35. The van der Waals surface area contributed by atoms with Gasteiger partial charge in [-0.15, -0.1) is 11.8 Å². The van der Waals surface area contributed by atoms with Crippen molar-refractivity contribution in [2.75, 3.05) is 5.75 Å². The fourth-order valence-electron chi connectivity index (χ4n) is 0.978. The van der Waals surface area contributed by atoms with Crippen molar-refractivity contribution in [1.29, 1.82) is 0 Å². The zero-order valence-corrected chi connectivity index (χ0v) is 7.97. The van der Waals surface area contributed by atoms with Gasteiger partial charge in [0.25, 0.3) is 0 Å². The van der Waals surface area contributed by atoms with Crippen molar-refractivity contribution in [2.45, 2.75) is 25.3 Å². The molecule has 0 bridgehead atoms. The Morgan fingerprint density at radius 3 is 2.70 bits per heavy atom. The highest BCUT2D eigenvalue weighted by Gasteiger charge is 2.24. The Labute approximate surface area is 72.0 Å². The molecule has 1 rings (SSSR count). The molecule has 0 aromatic carbocycles. The smallest absolute Gasteiger partial charge is 0.0825 e. The number of nitrogens with one attached hydrogen (secondary N) is 1. The molecular weight excluding hydrogens is 162 g/mol. The third-order valence-electron chi connectivity index (χ3n) is 1.76. The third-order valence-corrected chi connectivity index (χ3v) is 3.39. The fourth-order valence-corrected chi connectivity index (χ4v) is 2.54. The SMILES string of the molecule is CC(C)C1CSC(C=S)N1. The Kier molecular flexibility index (Phi) is 3.14. The summed E-state index contributed by atoms with van der Waals surface area (Å²) in [6.07, 6.45) is 0. The molecule has 0 amide bonds. The molecule has 1 nitrogen and oxygen atoms in total. The average Bonchev–Trinajstić information content (AvgIpc) is 2.34. The van der Waals surface area contributed by atoms with Gasteiger partial charge in [0.2, 0.25) is 0 Å². The molecule has 1 fully saturated rings. The molecule has 1 aliphatic heterocycles. The van der Waals surface area contributed by atoms with Crippen molar-refractivity contribution in [3.63, 3.8) is 0 Å². The minimum atomic E-state index is 0.419. The van der Waals surface area contributed by atoms with Crippen molar-refractivity contribution in [3.05, 3.63) is 0 Å². The van der Waals surface area contributed by atoms with E-state index in [0.717, 1.165) is 5.92 Å². The van der Waals surface area contributed by atoms with E-state index >= 15 is 0 Å². The molecule has 0 saturated carbocycles. The first-order valence-electron chi connectivity index (χ1n) is 3.57. The van der Waals surface area contributed by atoms with Crippen LogP contribution in [0.4, 0.5) is 0 Å². The molecular formula is C7H13NS2. The Hall–Kier alpha value is 0.400. The molecule has 58 valence electrons. The van der Waals surface area contributed by atoms with Gasteiger partial charge >= 0.3 is 0 Å². The second-order valence-electron chi connectivity index (χ2n) is 2.91. The number of thiocarbonyl (C=S) groups is 1. The van der Waals surface area contributed by atoms with E-state index in [1.54, 1.807) is 0 Å². The monoisotopic (exact) mass is 175 g/mol. The molecule has 3 heteroatoms. The lowest BCUT2D eigenvalue weighted by Crippen LogP contribution is -2.34. The fraction of sp³-hybridized carbons (Fsp3) is 0.857. The van der Waals surface area contributed by atoms with Gasteiger partial charge in [-0.25, -0.2) is 0 Å². The minimum Gasteiger partial charge on any atom is -0.298 e. The summed E-state index contributed by atoms with van der Waals surface area (Å²) in [5, 5.41) is 5.67. The Morgan fingerprint density at radius 1 is 1.70 bits per heavy atom. The van der Waals surface area contributed by atoms with Gasteiger partial charge in [-0.05, 0) is 5.92 Å². The highest BCUT2D eigenvalue weighted by molar-refractivity contribution is 8.01. The Balaban J connectivity index is 2.35. The lowest BCUT2D eigenvalue weighted by Gasteiger charge is -2.13. The molecule has 1 saturated heterocycles. The predicted molar refractivity (Wildman–Crippen MR) is 51.7 cm³/mol. The molecule has 1 N–H and O–H groups in total. The maximum atomic E-state index is 4.84. The molecule has 0 radical (unpaired) electrons. The van der Waals surface area contributed by atoms with Crippen molar-refractivity contribution >= 4 is 29.3 Å². The highest BCUT2D eigenvalue weighted by atomic mass is 32.2. The third kappa shape index (κ3) is 1.94. The van der Waals surface area contributed by atoms with Crippen LogP contribution in [0.1, 0.15) is 13.8 Å². The van der Waals surface area contributed by atoms with Gasteiger partial charge in [0, 0.05) is 17.2 Å². The first-order chi connectivity index (χ1) is 4.74. The molecule has 1 aliphatic rings. The van der Waals surface area contributed by atoms with Crippen molar-refractivity contribution in [2.24, 2.45) is 5.92 Å². The summed E-state index contributed by atoms with van der Waals surface area (Å²) in [4.78, 5) is 0. The zero-order chi connectivity index (χ0) is 7.56. The van der Waals surface area contributed by atoms with E-state index in [2.05, 4.69) is 19.2 Å². The van der Waals surface area contributed by atoms with Crippen LogP contribution in [0.15, 0.2) is 0 Å². The number of rotatable bonds is 2. The first-order valence-corrected chi connectivity index (χ1v) is 5.09. The molecule has 0 spiro atoms. The van der Waals surface area contributed by atoms with Gasteiger partial charge in [-0.3, -0.25) is 5.32 Å². The summed E-state index contributed by atoms with van der Waals surface area (Å²) >= 11 is 6.75. The summed E-state index contributed by atoms with van der Waals surface area (Å²) in [6, 6.07) is 0.661. The van der Waals surface area contributed by atoms with Crippen LogP contribution in [-0.4, -0.2) is 22.5 Å². The average molecular weight is 175 g/mol. The lowest BCUT2D eigenvalue weighted by atomic mass is 10.1. The van der Waals surface area contributed by atoms with Gasteiger partial charge in [0.05, 0.1) is 5.37 Å². The Bertz CT molecular complexity index is 125. The molecule has 1 heterocycles. The lowest BCUT2D eigenvalue weighted by molar-refractivity contribution is 0.464. The molecule has 2 atom stereocenters. The first kappa shape index (κ1) is 8.50. The van der Waals surface area contributed by atoms with Gasteiger partial charge < -0.3 is 0 Å². The molecule has 0 aromatic heterocycles. The highest BCUT2D eigenvalue weighted by Crippen LogP contribution is 2.21. The van der Waals surface area contributed by atoms with Crippen LogP contribution in [0.5, 0.6) is 0 Å². The Morgan fingerprint density at radius 2 is 2.40 bits per heavy atom. The molecule has 10 heavy (non-hydrogen) atoms. The summed E-state index contributed by atoms with van der Waals surface area (Å²) in [5.41, 5.74) is 0. The van der Waals surface area contributed by atoms with Crippen molar-refractivity contribution in [3.8, 4) is 0 Å². The zero-order valence-electron chi connectivity index (χ0n) is 6.33. The van der Waals surface area contributed by atoms with Crippen LogP contribution in [0, 0.1) is 5.92 Å². The van der Waals surface area contributed by atoms with Crippen molar-refractivity contribution < 1.29 is 0 Å². The van der Waals surface area contributed by atoms with Crippen LogP contribution < -0.4 is 5.32 Å². The van der Waals surface area contributed by atoms with E-state index in [0.29, 0.717) is 11.4 Å². The minimum absolute atomic E-state index is 0.419. The number of hydrogen-bond acceptors (Lipinski definition) is 3. The topological polar surface area (TPSA) is 12.0 Å². The van der Waals surface area contributed by atoms with Crippen LogP contribution in [0.2, 0.25) is 0 Å². The summed E-state index contributed by atoms with van der Waals surface area (Å²) < 4.78 is 0. The number of thioether (sulfide) groups is 1. The van der Waals surface area contributed by atoms with Crippen molar-refractivity contribution in [1.82, 2.24) is 5.32 Å². The van der Waals surface area contributed by atoms with E-state index in [1.165, 1.54) is 5.75 Å². The van der Waals surface area contributed by atoms with Crippen LogP contribution in [0.3, 0.4) is 0 Å². The normalized spacial score (nSPS) is 33.1. The largest absolute Gasteiger partial charge is 0.298 e. The predicted octanol–water partition coefficient (Wildman–Crippen LogP) is 1.67. The summed E-state index contributed by atoms with van der Waals surface area (Å²) in [6.45, 7) is 4.48. The molecule has 0 aromatic rings. The maximum Gasteiger partial charge on any atom is 0.0825 e. The van der Waals surface area contributed by atoms with E-state index < -0.39 is 0 Å². The van der Waals surface area contributed by atoms with E-state index in [-0.39, 0.29) is 0 Å². The van der Waals surface area contributed by atoms with Gasteiger partial charge in [-0.1, -0.05) is 26.1 Å². The van der Waals surface area contributed by atoms with E-state index in [4.69, 9.17) is 12.2 Å². The van der Waals surface area contributed by atoms with Crippen LogP contribution >= 0.6 is 24.0 Å². The van der Waals surface area contributed by atoms with Gasteiger partial charge in [0.15, 0.2) is 0 Å². The van der Waals surface area contributed by atoms with Gasteiger partial charge in [-0.2, -0.15) is 0 Å². The van der Waals surface area contributed by atoms with Crippen LogP contribution in [0.25, 0.3) is 0 Å². The number of hydrogen-bond donors (Lipinski definition) is 1. The quantitative estimate of drug-likeness (QED) is 0.641. The maximum absolute atomic E-state index is 4.84.